The topological polar surface area (TPSA) is 86.6 Å². The number of fused-ring (bicyclic) bond motifs is 1. The molecule has 0 bridgehead atoms. The first kappa shape index (κ1) is 16.8. The number of benzene rings is 2. The lowest BCUT2D eigenvalue weighted by molar-refractivity contribution is 0.0693. The van der Waals surface area contributed by atoms with Gasteiger partial charge >= 0.3 is 5.97 Å². The van der Waals surface area contributed by atoms with Crippen LogP contribution >= 0.6 is 0 Å². The largest absolute Gasteiger partial charge is 0.507 e. The van der Waals surface area contributed by atoms with E-state index in [1.54, 1.807) is 24.7 Å². The van der Waals surface area contributed by atoms with Crippen LogP contribution in [0.25, 0.3) is 10.8 Å². The molecule has 0 saturated heterocycles. The van der Waals surface area contributed by atoms with Gasteiger partial charge in [0.25, 0.3) is 5.91 Å². The molecule has 0 aromatic heterocycles. The summed E-state index contributed by atoms with van der Waals surface area (Å²) >= 11 is 0. The van der Waals surface area contributed by atoms with Gasteiger partial charge < -0.3 is 15.5 Å². The van der Waals surface area contributed by atoms with Crippen molar-refractivity contribution < 1.29 is 19.8 Å². The summed E-state index contributed by atoms with van der Waals surface area (Å²) in [6, 6.07) is 7.67. The highest BCUT2D eigenvalue weighted by molar-refractivity contribution is 6.02. The van der Waals surface area contributed by atoms with Crippen LogP contribution in [-0.2, 0) is 0 Å². The average Bonchev–Trinajstić information content (AvgIpc) is 2.53. The van der Waals surface area contributed by atoms with E-state index in [1.807, 2.05) is 0 Å². The van der Waals surface area contributed by atoms with Crippen molar-refractivity contribution in [2.24, 2.45) is 0 Å². The first-order chi connectivity index (χ1) is 11.0. The van der Waals surface area contributed by atoms with Gasteiger partial charge in [0, 0.05) is 12.1 Å². The van der Waals surface area contributed by atoms with E-state index in [9.17, 15) is 14.7 Å². The molecular formula is C18H19NO4. The summed E-state index contributed by atoms with van der Waals surface area (Å²) in [4.78, 5) is 23.1. The van der Waals surface area contributed by atoms with Crippen molar-refractivity contribution in [3.63, 3.8) is 0 Å². The summed E-state index contributed by atoms with van der Waals surface area (Å²) in [7, 11) is 0. The van der Waals surface area contributed by atoms with Crippen molar-refractivity contribution in [1.29, 1.82) is 0 Å². The van der Waals surface area contributed by atoms with Crippen molar-refractivity contribution in [3.05, 3.63) is 54.9 Å². The molecule has 120 valence electrons. The standard InChI is InChI=1S/C18H19NO4/c1-2-3-4-5-8-19-17(21)13-7-6-12-11-16(20)15(18(22)23)10-14(12)9-13/h6-11,20H,1-5H2,(H,19,21)(H,22,23). The van der Waals surface area contributed by atoms with Crippen LogP contribution in [0.3, 0.4) is 0 Å². The number of carbonyl (C=O) groups is 2. The fourth-order valence-electron chi connectivity index (χ4n) is 2.27. The van der Waals surface area contributed by atoms with Gasteiger partial charge in [-0.25, -0.2) is 4.79 Å². The molecule has 0 aliphatic heterocycles. The summed E-state index contributed by atoms with van der Waals surface area (Å²) in [5.41, 5.74) is 0.253. The van der Waals surface area contributed by atoms with Crippen molar-refractivity contribution in [2.75, 3.05) is 0 Å². The van der Waals surface area contributed by atoms with Crippen molar-refractivity contribution in [1.82, 2.24) is 5.32 Å². The molecule has 0 saturated carbocycles. The molecule has 2 radical (unpaired) electrons. The molecule has 0 atom stereocenters. The molecule has 5 nitrogen and oxygen atoms in total. The molecule has 0 aliphatic rings. The van der Waals surface area contributed by atoms with E-state index in [1.165, 1.54) is 12.1 Å². The summed E-state index contributed by atoms with van der Waals surface area (Å²) in [6.45, 7) is 5.48. The minimum absolute atomic E-state index is 0.185. The lowest BCUT2D eigenvalue weighted by Gasteiger charge is -2.07. The van der Waals surface area contributed by atoms with E-state index in [2.05, 4.69) is 12.2 Å². The van der Waals surface area contributed by atoms with Gasteiger partial charge in [-0.15, -0.1) is 0 Å². The molecule has 0 unspecified atom stereocenters. The SMILES string of the molecule is [CH2]CCCC[CH]NC(=O)c1ccc2cc(O)c(C(=O)O)cc2c1. The number of carbonyl (C=O) groups excluding carboxylic acids is 1. The first-order valence-corrected chi connectivity index (χ1v) is 7.45. The van der Waals surface area contributed by atoms with Gasteiger partial charge in [0.1, 0.15) is 11.3 Å². The number of unbranched alkanes of at least 4 members (excludes halogenated alkanes) is 3. The average molecular weight is 313 g/mol. The molecular weight excluding hydrogens is 294 g/mol. The lowest BCUT2D eigenvalue weighted by atomic mass is 10.0. The van der Waals surface area contributed by atoms with Gasteiger partial charge in [-0.3, -0.25) is 4.79 Å². The second-order valence-corrected chi connectivity index (χ2v) is 5.26. The number of aromatic carboxylic acids is 1. The Morgan fingerprint density at radius 3 is 2.61 bits per heavy atom. The Morgan fingerprint density at radius 2 is 1.91 bits per heavy atom. The van der Waals surface area contributed by atoms with Crippen LogP contribution in [-0.4, -0.2) is 22.1 Å². The lowest BCUT2D eigenvalue weighted by Crippen LogP contribution is -2.20. The van der Waals surface area contributed by atoms with Crippen LogP contribution in [0.15, 0.2) is 30.3 Å². The Labute approximate surface area is 134 Å². The molecule has 3 N–H and O–H groups in total. The Hall–Kier alpha value is -2.56. The molecule has 23 heavy (non-hydrogen) atoms. The number of aromatic hydroxyl groups is 1. The van der Waals surface area contributed by atoms with E-state index in [0.717, 1.165) is 25.7 Å². The third-order valence-corrected chi connectivity index (χ3v) is 3.53. The minimum Gasteiger partial charge on any atom is -0.507 e. The highest BCUT2D eigenvalue weighted by atomic mass is 16.4. The normalized spacial score (nSPS) is 10.7. The van der Waals surface area contributed by atoms with Gasteiger partial charge in [-0.1, -0.05) is 32.3 Å². The van der Waals surface area contributed by atoms with Crippen LogP contribution < -0.4 is 5.32 Å². The summed E-state index contributed by atoms with van der Waals surface area (Å²) < 4.78 is 0. The number of carboxylic acids is 1. The Balaban J connectivity index is 2.14. The van der Waals surface area contributed by atoms with Crippen LogP contribution in [0.2, 0.25) is 0 Å². The predicted molar refractivity (Wildman–Crippen MR) is 88.2 cm³/mol. The highest BCUT2D eigenvalue weighted by Crippen LogP contribution is 2.26. The molecule has 5 heteroatoms. The van der Waals surface area contributed by atoms with Crippen molar-refractivity contribution >= 4 is 22.6 Å². The number of hydrogen-bond acceptors (Lipinski definition) is 3. The summed E-state index contributed by atoms with van der Waals surface area (Å²) in [5.74, 6) is -1.74. The smallest absolute Gasteiger partial charge is 0.339 e. The third-order valence-electron chi connectivity index (χ3n) is 3.53. The van der Waals surface area contributed by atoms with Gasteiger partial charge in [0.15, 0.2) is 0 Å². The fourth-order valence-corrected chi connectivity index (χ4v) is 2.27. The van der Waals surface area contributed by atoms with Crippen molar-refractivity contribution in [2.45, 2.75) is 25.7 Å². The van der Waals surface area contributed by atoms with Crippen LogP contribution in [0.5, 0.6) is 5.75 Å². The maximum absolute atomic E-state index is 12.1. The van der Waals surface area contributed by atoms with Gasteiger partial charge in [-0.2, -0.15) is 0 Å². The van der Waals surface area contributed by atoms with E-state index in [4.69, 9.17) is 5.11 Å². The zero-order chi connectivity index (χ0) is 16.8. The third kappa shape index (κ3) is 4.22. The molecule has 0 heterocycles. The first-order valence-electron chi connectivity index (χ1n) is 7.45. The van der Waals surface area contributed by atoms with E-state index in [-0.39, 0.29) is 17.2 Å². The predicted octanol–water partition coefficient (Wildman–Crippen LogP) is 3.53. The maximum atomic E-state index is 12.1. The molecule has 2 aromatic rings. The summed E-state index contributed by atoms with van der Waals surface area (Å²) in [6.07, 6.45) is 3.66. The van der Waals surface area contributed by atoms with Crippen LogP contribution in [0, 0.1) is 13.5 Å². The van der Waals surface area contributed by atoms with Crippen molar-refractivity contribution in [3.8, 4) is 5.75 Å². The quantitative estimate of drug-likeness (QED) is 0.682. The Bertz CT molecular complexity index is 724. The van der Waals surface area contributed by atoms with E-state index < -0.39 is 5.97 Å². The van der Waals surface area contributed by atoms with Gasteiger partial charge in [-0.05, 0) is 41.5 Å². The minimum atomic E-state index is -1.21. The van der Waals surface area contributed by atoms with Crippen LogP contribution in [0.1, 0.15) is 46.4 Å². The molecule has 0 aliphatic carbocycles. The second kappa shape index (κ2) is 7.63. The Kier molecular flexibility index (Phi) is 5.57. The number of amides is 1. The summed E-state index contributed by atoms with van der Waals surface area (Å²) in [5, 5.41) is 22.7. The molecule has 2 rings (SSSR count). The van der Waals surface area contributed by atoms with Crippen LogP contribution in [0.4, 0.5) is 0 Å². The molecule has 2 aromatic carbocycles. The Morgan fingerprint density at radius 1 is 1.13 bits per heavy atom. The van der Waals surface area contributed by atoms with Gasteiger partial charge in [0.2, 0.25) is 0 Å². The molecule has 0 spiro atoms. The highest BCUT2D eigenvalue weighted by Gasteiger charge is 2.12. The number of phenols is 1. The van der Waals surface area contributed by atoms with E-state index >= 15 is 0 Å². The fraction of sp³-hybridized carbons (Fsp3) is 0.222. The zero-order valence-corrected chi connectivity index (χ0v) is 12.7. The van der Waals surface area contributed by atoms with Gasteiger partial charge in [0.05, 0.1) is 0 Å². The molecule has 1 amide bonds. The molecule has 0 fully saturated rings. The monoisotopic (exact) mass is 313 g/mol. The van der Waals surface area contributed by atoms with E-state index in [0.29, 0.717) is 16.3 Å². The zero-order valence-electron chi connectivity index (χ0n) is 12.7. The second-order valence-electron chi connectivity index (χ2n) is 5.26. The number of nitrogens with one attached hydrogen (secondary N) is 1. The number of hydrogen-bond donors (Lipinski definition) is 3. The number of rotatable bonds is 7. The maximum Gasteiger partial charge on any atom is 0.339 e. The number of carboxylic acid groups (broad SMARTS) is 1.